The molecule has 1 aliphatic carbocycles. The molecule has 1 aliphatic rings. The number of hydrogen-bond donors (Lipinski definition) is 3. The number of aliphatic hydroxyl groups is 1. The summed E-state index contributed by atoms with van der Waals surface area (Å²) in [4.78, 5) is 0. The maximum Gasteiger partial charge on any atom is 0.160 e. The molecule has 0 amide bonds. The minimum absolute atomic E-state index is 0. The highest BCUT2D eigenvalue weighted by atomic mass is 16.3. The molecule has 14 heavy (non-hydrogen) atoms. The third kappa shape index (κ3) is 4.94. The molecule has 0 spiro atoms. The van der Waals surface area contributed by atoms with E-state index in [1.54, 1.807) is 0 Å². The van der Waals surface area contributed by atoms with Crippen LogP contribution >= 0.6 is 0 Å². The lowest BCUT2D eigenvalue weighted by Crippen LogP contribution is -2.48. The fraction of sp³-hybridized carbons (Fsp3) is 1.00. The molecule has 3 N–H and O–H groups in total. The molecule has 1 saturated carbocycles. The molecule has 0 aromatic rings. The van der Waals surface area contributed by atoms with Crippen LogP contribution in [-0.4, -0.2) is 24.0 Å². The molecule has 0 heterocycles. The van der Waals surface area contributed by atoms with Gasteiger partial charge in [0.15, 0.2) is 6.35 Å². The second-order valence-electron chi connectivity index (χ2n) is 4.21. The summed E-state index contributed by atoms with van der Waals surface area (Å²) in [6.07, 6.45) is 8.19. The van der Waals surface area contributed by atoms with Gasteiger partial charge in [-0.3, -0.25) is 10.6 Å². The molecule has 1 unspecified atom stereocenters. The lowest BCUT2D eigenvalue weighted by Gasteiger charge is -2.26. The van der Waals surface area contributed by atoms with Crippen molar-refractivity contribution in [2.45, 2.75) is 64.3 Å². The van der Waals surface area contributed by atoms with Crippen LogP contribution in [0.1, 0.15) is 54.7 Å². The maximum atomic E-state index is 9.61. The van der Waals surface area contributed by atoms with Crippen molar-refractivity contribution in [3.8, 4) is 0 Å². The molecule has 0 aliphatic heterocycles. The van der Waals surface area contributed by atoms with E-state index in [0.29, 0.717) is 6.04 Å². The van der Waals surface area contributed by atoms with Gasteiger partial charge in [-0.25, -0.2) is 0 Å². The zero-order valence-corrected chi connectivity index (χ0v) is 9.26. The molecule has 88 valence electrons. The topological polar surface area (TPSA) is 44.3 Å². The second-order valence-corrected chi connectivity index (χ2v) is 4.21. The van der Waals surface area contributed by atoms with Crippen LogP contribution in [0.25, 0.3) is 0 Å². The van der Waals surface area contributed by atoms with Gasteiger partial charge in [0, 0.05) is 8.90 Å². The maximum absolute atomic E-state index is 9.61. The standard InChI is InChI=1S/C11H24N2O.2H2/c1-2-3-9-12-11(14)13-10-7-5-4-6-8-10;;/h10-14H,2-9H2,1H3;2*1H. The number of hydrogen-bond acceptors (Lipinski definition) is 3. The van der Waals surface area contributed by atoms with Gasteiger partial charge in [-0.05, 0) is 25.8 Å². The number of rotatable bonds is 6. The first-order valence-electron chi connectivity index (χ1n) is 6.00. The third-order valence-electron chi connectivity index (χ3n) is 2.87. The van der Waals surface area contributed by atoms with Crippen LogP contribution in [0.2, 0.25) is 0 Å². The van der Waals surface area contributed by atoms with E-state index >= 15 is 0 Å². The fourth-order valence-electron chi connectivity index (χ4n) is 1.97. The third-order valence-corrected chi connectivity index (χ3v) is 2.87. The van der Waals surface area contributed by atoms with Crippen molar-refractivity contribution in [2.75, 3.05) is 6.54 Å². The zero-order chi connectivity index (χ0) is 10.2. The Balaban J connectivity index is 0. The molecule has 3 heteroatoms. The Bertz CT molecular complexity index is 144. The minimum Gasteiger partial charge on any atom is -0.365 e. The first kappa shape index (κ1) is 12.0. The monoisotopic (exact) mass is 204 g/mol. The number of nitrogens with one attached hydrogen (secondary N) is 2. The predicted molar refractivity (Wildman–Crippen MR) is 63.2 cm³/mol. The summed E-state index contributed by atoms with van der Waals surface area (Å²) in [6, 6.07) is 0.521. The summed E-state index contributed by atoms with van der Waals surface area (Å²) < 4.78 is 0. The van der Waals surface area contributed by atoms with Crippen molar-refractivity contribution in [3.05, 3.63) is 0 Å². The average Bonchev–Trinajstić information content (AvgIpc) is 2.20. The Morgan fingerprint density at radius 2 is 2.07 bits per heavy atom. The summed E-state index contributed by atoms with van der Waals surface area (Å²) in [5.41, 5.74) is 0. The molecule has 0 radical (unpaired) electrons. The largest absolute Gasteiger partial charge is 0.365 e. The summed E-state index contributed by atoms with van der Waals surface area (Å²) in [5.74, 6) is 0. The fourth-order valence-corrected chi connectivity index (χ4v) is 1.97. The van der Waals surface area contributed by atoms with E-state index in [0.717, 1.165) is 13.0 Å². The van der Waals surface area contributed by atoms with Gasteiger partial charge in [0.05, 0.1) is 0 Å². The molecule has 0 aromatic heterocycles. The first-order chi connectivity index (χ1) is 6.83. The smallest absolute Gasteiger partial charge is 0.160 e. The van der Waals surface area contributed by atoms with Crippen LogP contribution in [0.4, 0.5) is 0 Å². The summed E-state index contributed by atoms with van der Waals surface area (Å²) >= 11 is 0. The Labute approximate surface area is 90.2 Å². The Morgan fingerprint density at radius 1 is 1.36 bits per heavy atom. The van der Waals surface area contributed by atoms with E-state index < -0.39 is 6.35 Å². The molecule has 0 saturated heterocycles. The molecule has 0 aromatic carbocycles. The highest BCUT2D eigenvalue weighted by Crippen LogP contribution is 2.17. The lowest BCUT2D eigenvalue weighted by atomic mass is 9.96. The van der Waals surface area contributed by atoms with Crippen LogP contribution in [0.5, 0.6) is 0 Å². The molecule has 3 nitrogen and oxygen atoms in total. The van der Waals surface area contributed by atoms with Crippen molar-refractivity contribution in [1.82, 2.24) is 10.6 Å². The van der Waals surface area contributed by atoms with Gasteiger partial charge in [-0.2, -0.15) is 0 Å². The zero-order valence-electron chi connectivity index (χ0n) is 9.26. The van der Waals surface area contributed by atoms with Gasteiger partial charge in [0.25, 0.3) is 0 Å². The van der Waals surface area contributed by atoms with E-state index in [9.17, 15) is 5.11 Å². The predicted octanol–water partition coefficient (Wildman–Crippen LogP) is 2.07. The van der Waals surface area contributed by atoms with Gasteiger partial charge in [-0.1, -0.05) is 32.6 Å². The second kappa shape index (κ2) is 7.21. The number of aliphatic hydroxyl groups excluding tert-OH is 1. The van der Waals surface area contributed by atoms with E-state index in [-0.39, 0.29) is 2.85 Å². The summed E-state index contributed by atoms with van der Waals surface area (Å²) in [7, 11) is 0. The normalized spacial score (nSPS) is 21.0. The lowest BCUT2D eigenvalue weighted by molar-refractivity contribution is 0.0810. The van der Waals surface area contributed by atoms with Crippen molar-refractivity contribution in [2.24, 2.45) is 0 Å². The molecule has 1 atom stereocenters. The first-order valence-corrected chi connectivity index (χ1v) is 6.00. The van der Waals surface area contributed by atoms with Gasteiger partial charge in [-0.15, -0.1) is 0 Å². The average molecular weight is 204 g/mol. The highest BCUT2D eigenvalue weighted by Gasteiger charge is 2.15. The summed E-state index contributed by atoms with van der Waals surface area (Å²) in [6.45, 7) is 3.06. The molecule has 1 rings (SSSR count). The van der Waals surface area contributed by atoms with Crippen LogP contribution in [0, 0.1) is 0 Å². The quantitative estimate of drug-likeness (QED) is 0.458. The Hall–Kier alpha value is -0.120. The van der Waals surface area contributed by atoms with E-state index in [1.807, 2.05) is 0 Å². The van der Waals surface area contributed by atoms with Crippen molar-refractivity contribution >= 4 is 0 Å². The number of unbranched alkanes of at least 4 members (excludes halogenated alkanes) is 1. The minimum atomic E-state index is -0.510. The van der Waals surface area contributed by atoms with Gasteiger partial charge < -0.3 is 5.11 Å². The Kier molecular flexibility index (Phi) is 6.15. The van der Waals surface area contributed by atoms with E-state index in [4.69, 9.17) is 0 Å². The molecular weight excluding hydrogens is 176 g/mol. The van der Waals surface area contributed by atoms with E-state index in [1.165, 1.54) is 38.5 Å². The Morgan fingerprint density at radius 3 is 2.71 bits per heavy atom. The molecular formula is C11H28N2O. The molecule has 1 fully saturated rings. The van der Waals surface area contributed by atoms with Gasteiger partial charge >= 0.3 is 0 Å². The van der Waals surface area contributed by atoms with Gasteiger partial charge in [0.1, 0.15) is 0 Å². The van der Waals surface area contributed by atoms with E-state index in [2.05, 4.69) is 17.6 Å². The van der Waals surface area contributed by atoms with Crippen molar-refractivity contribution in [1.29, 1.82) is 0 Å². The van der Waals surface area contributed by atoms with Crippen LogP contribution < -0.4 is 10.6 Å². The van der Waals surface area contributed by atoms with Crippen LogP contribution in [0.15, 0.2) is 0 Å². The van der Waals surface area contributed by atoms with Crippen molar-refractivity contribution in [3.63, 3.8) is 0 Å². The summed E-state index contributed by atoms with van der Waals surface area (Å²) in [5, 5.41) is 15.9. The van der Waals surface area contributed by atoms with Crippen LogP contribution in [0.3, 0.4) is 0 Å². The van der Waals surface area contributed by atoms with Gasteiger partial charge in [0.2, 0.25) is 0 Å². The highest BCUT2D eigenvalue weighted by molar-refractivity contribution is 4.72. The van der Waals surface area contributed by atoms with Crippen LogP contribution in [-0.2, 0) is 0 Å². The SMILES string of the molecule is CCCCNC(O)NC1CCCCC1.[HH].[HH]. The molecule has 0 bridgehead atoms. The van der Waals surface area contributed by atoms with Crippen molar-refractivity contribution < 1.29 is 7.96 Å².